The minimum Gasteiger partial charge on any atom is -0.464 e. The fourth-order valence-corrected chi connectivity index (χ4v) is 3.95. The molecule has 0 radical (unpaired) electrons. The van der Waals surface area contributed by atoms with Crippen molar-refractivity contribution in [3.63, 3.8) is 0 Å². The maximum Gasteiger partial charge on any atom is 0.150 e. The Morgan fingerprint density at radius 2 is 2.19 bits per heavy atom. The van der Waals surface area contributed by atoms with Crippen LogP contribution in [0.4, 0.5) is 0 Å². The summed E-state index contributed by atoms with van der Waals surface area (Å²) in [4.78, 5) is 18.2. The van der Waals surface area contributed by atoms with E-state index in [0.717, 1.165) is 20.8 Å². The summed E-state index contributed by atoms with van der Waals surface area (Å²) in [7, 11) is 0. The van der Waals surface area contributed by atoms with Crippen LogP contribution in [0.2, 0.25) is 5.15 Å². The molecule has 0 N–H and O–H groups in total. The first kappa shape index (κ1) is 17.3. The molecule has 4 aromatic rings. The van der Waals surface area contributed by atoms with Crippen LogP contribution in [0.15, 0.2) is 71.1 Å². The number of aromatic nitrogens is 3. The van der Waals surface area contributed by atoms with Gasteiger partial charge in [-0.2, -0.15) is 0 Å². The second kappa shape index (κ2) is 7.26. The third-order valence-electron chi connectivity index (χ3n) is 3.87. The van der Waals surface area contributed by atoms with E-state index >= 15 is 0 Å². The van der Waals surface area contributed by atoms with Gasteiger partial charge in [-0.25, -0.2) is 9.97 Å². The number of aliphatic imine (C=N–C) groups is 1. The number of pyridine rings is 2. The van der Waals surface area contributed by atoms with Crippen LogP contribution in [0, 0.1) is 0 Å². The number of thiazole rings is 1. The fourth-order valence-electron chi connectivity index (χ4n) is 2.66. The summed E-state index contributed by atoms with van der Waals surface area (Å²) < 4.78 is 5.60. The van der Waals surface area contributed by atoms with Crippen molar-refractivity contribution in [3.05, 3.63) is 72.5 Å². The molecular weight excluding hydrogens is 380 g/mol. The molecule has 0 atom stereocenters. The second-order valence-electron chi connectivity index (χ2n) is 5.51. The van der Waals surface area contributed by atoms with Crippen molar-refractivity contribution in [2.24, 2.45) is 4.99 Å². The summed E-state index contributed by atoms with van der Waals surface area (Å²) in [6.45, 7) is 7.32. The maximum absolute atomic E-state index is 6.47. The van der Waals surface area contributed by atoms with Crippen LogP contribution >= 0.6 is 22.9 Å². The summed E-state index contributed by atoms with van der Waals surface area (Å²) in [6, 6.07) is 7.48. The lowest BCUT2D eigenvalue weighted by molar-refractivity contribution is 0.615. The highest BCUT2D eigenvalue weighted by Crippen LogP contribution is 2.40. The Labute approximate surface area is 164 Å². The van der Waals surface area contributed by atoms with Crippen LogP contribution in [0.5, 0.6) is 0 Å². The molecule has 0 bridgehead atoms. The van der Waals surface area contributed by atoms with Gasteiger partial charge in [0.05, 0.1) is 28.2 Å². The molecule has 0 aliphatic rings. The third kappa shape index (κ3) is 3.20. The average molecular weight is 393 g/mol. The molecule has 0 amide bonds. The van der Waals surface area contributed by atoms with Gasteiger partial charge in [0.15, 0.2) is 0 Å². The number of nitrogens with zero attached hydrogens (tertiary/aromatic N) is 4. The Kier molecular flexibility index (Phi) is 4.66. The molecule has 0 saturated carbocycles. The molecule has 0 unspecified atom stereocenters. The quantitative estimate of drug-likeness (QED) is 0.313. The van der Waals surface area contributed by atoms with Gasteiger partial charge in [-0.05, 0) is 31.0 Å². The molecule has 0 aliphatic carbocycles. The Morgan fingerprint density at radius 1 is 1.30 bits per heavy atom. The SMILES string of the molecule is C=C/C=C(\N=C)c1cc2occc2c(-c2sc(-c3cccnc3)nc2Cl)n1. The van der Waals surface area contributed by atoms with E-state index in [1.165, 1.54) is 11.3 Å². The highest BCUT2D eigenvalue weighted by molar-refractivity contribution is 7.19. The van der Waals surface area contributed by atoms with E-state index in [4.69, 9.17) is 21.0 Å². The van der Waals surface area contributed by atoms with E-state index in [2.05, 4.69) is 28.3 Å². The molecule has 0 aliphatic heterocycles. The monoisotopic (exact) mass is 392 g/mol. The molecular formula is C20H13ClN4OS. The second-order valence-corrected chi connectivity index (χ2v) is 6.87. The van der Waals surface area contributed by atoms with Gasteiger partial charge in [-0.15, -0.1) is 11.3 Å². The smallest absolute Gasteiger partial charge is 0.150 e. The molecule has 0 spiro atoms. The number of fused-ring (bicyclic) bond motifs is 1. The van der Waals surface area contributed by atoms with Crippen LogP contribution in [0.1, 0.15) is 5.69 Å². The predicted octanol–water partition coefficient (Wildman–Crippen LogP) is 5.89. The molecule has 0 saturated heterocycles. The van der Waals surface area contributed by atoms with Crippen molar-refractivity contribution in [1.82, 2.24) is 15.0 Å². The summed E-state index contributed by atoms with van der Waals surface area (Å²) in [5.74, 6) is 0. The maximum atomic E-state index is 6.47. The van der Waals surface area contributed by atoms with Gasteiger partial charge in [0, 0.05) is 29.4 Å². The van der Waals surface area contributed by atoms with Crippen LogP contribution in [0.3, 0.4) is 0 Å². The Morgan fingerprint density at radius 3 is 2.93 bits per heavy atom. The lowest BCUT2D eigenvalue weighted by atomic mass is 10.1. The number of halogens is 1. The molecule has 27 heavy (non-hydrogen) atoms. The standard InChI is InChI=1S/C20H13ClN4OS/c1-3-5-14(22-2)15-10-16-13(7-9-26-16)17(24-15)18-19(21)25-20(27-18)12-6-4-8-23-11-12/h3-11H,1-2H2/b14-5-. The molecule has 5 nitrogen and oxygen atoms in total. The number of hydrogen-bond donors (Lipinski definition) is 0. The van der Waals surface area contributed by atoms with Crippen LogP contribution in [-0.4, -0.2) is 21.7 Å². The van der Waals surface area contributed by atoms with E-state index in [0.29, 0.717) is 27.8 Å². The lowest BCUT2D eigenvalue weighted by Gasteiger charge is -2.05. The molecule has 7 heteroatoms. The fraction of sp³-hybridized carbons (Fsp3) is 0. The number of hydrogen-bond acceptors (Lipinski definition) is 6. The summed E-state index contributed by atoms with van der Waals surface area (Å²) in [5, 5.41) is 2.01. The Hall–Kier alpha value is -3.09. The summed E-state index contributed by atoms with van der Waals surface area (Å²) >= 11 is 7.92. The van der Waals surface area contributed by atoms with Crippen LogP contribution in [0.25, 0.3) is 37.8 Å². The zero-order valence-corrected chi connectivity index (χ0v) is 15.7. The van der Waals surface area contributed by atoms with Crippen LogP contribution < -0.4 is 0 Å². The first-order chi connectivity index (χ1) is 13.2. The van der Waals surface area contributed by atoms with Gasteiger partial charge >= 0.3 is 0 Å². The van der Waals surface area contributed by atoms with Crippen molar-refractivity contribution in [3.8, 4) is 21.1 Å². The molecule has 0 fully saturated rings. The van der Waals surface area contributed by atoms with Gasteiger partial charge in [0.2, 0.25) is 0 Å². The average Bonchev–Trinajstić information content (AvgIpc) is 3.32. The Balaban J connectivity index is 1.93. The minimum atomic E-state index is 0.381. The van der Waals surface area contributed by atoms with E-state index in [1.54, 1.807) is 30.8 Å². The van der Waals surface area contributed by atoms with Gasteiger partial charge in [0.25, 0.3) is 0 Å². The summed E-state index contributed by atoms with van der Waals surface area (Å²) in [5.41, 5.74) is 3.48. The van der Waals surface area contributed by atoms with Crippen molar-refractivity contribution in [1.29, 1.82) is 0 Å². The highest BCUT2D eigenvalue weighted by Gasteiger charge is 2.19. The normalized spacial score (nSPS) is 11.7. The van der Waals surface area contributed by atoms with E-state index in [9.17, 15) is 0 Å². The van der Waals surface area contributed by atoms with Gasteiger partial charge in [-0.1, -0.05) is 24.3 Å². The topological polar surface area (TPSA) is 64.2 Å². The van der Waals surface area contributed by atoms with Gasteiger partial charge in [0.1, 0.15) is 15.7 Å². The first-order valence-corrected chi connectivity index (χ1v) is 9.16. The van der Waals surface area contributed by atoms with Gasteiger partial charge < -0.3 is 4.42 Å². The molecule has 4 heterocycles. The van der Waals surface area contributed by atoms with Crippen LogP contribution in [-0.2, 0) is 0 Å². The zero-order valence-electron chi connectivity index (χ0n) is 14.1. The molecule has 4 aromatic heterocycles. The van der Waals surface area contributed by atoms with Crippen molar-refractivity contribution >= 4 is 46.3 Å². The molecule has 4 rings (SSSR count). The lowest BCUT2D eigenvalue weighted by Crippen LogP contribution is -1.91. The highest BCUT2D eigenvalue weighted by atomic mass is 35.5. The van der Waals surface area contributed by atoms with Crippen molar-refractivity contribution < 1.29 is 4.42 Å². The Bertz CT molecular complexity index is 1180. The first-order valence-electron chi connectivity index (χ1n) is 7.96. The number of rotatable bonds is 5. The predicted molar refractivity (Wildman–Crippen MR) is 111 cm³/mol. The minimum absolute atomic E-state index is 0.381. The zero-order chi connectivity index (χ0) is 18.8. The summed E-state index contributed by atoms with van der Waals surface area (Å²) in [6.07, 6.45) is 8.47. The largest absolute Gasteiger partial charge is 0.464 e. The van der Waals surface area contributed by atoms with E-state index in [1.807, 2.05) is 24.3 Å². The molecule has 132 valence electrons. The van der Waals surface area contributed by atoms with E-state index < -0.39 is 0 Å². The van der Waals surface area contributed by atoms with Crippen molar-refractivity contribution in [2.45, 2.75) is 0 Å². The van der Waals surface area contributed by atoms with Gasteiger partial charge in [-0.3, -0.25) is 9.98 Å². The van der Waals surface area contributed by atoms with Crippen molar-refractivity contribution in [2.75, 3.05) is 0 Å². The number of furan rings is 1. The van der Waals surface area contributed by atoms with E-state index in [-0.39, 0.29) is 0 Å². The third-order valence-corrected chi connectivity index (χ3v) is 5.36. The molecule has 0 aromatic carbocycles. The number of allylic oxidation sites excluding steroid dienone is 2.